The third kappa shape index (κ3) is 4.48. The van der Waals surface area contributed by atoms with Crippen LogP contribution in [0.1, 0.15) is 33.2 Å². The predicted octanol–water partition coefficient (Wildman–Crippen LogP) is 3.09. The van der Waals surface area contributed by atoms with Crippen LogP contribution in [0.2, 0.25) is 0 Å². The Labute approximate surface area is 182 Å². The molecule has 9 heteroatoms. The topological polar surface area (TPSA) is 107 Å². The highest BCUT2D eigenvalue weighted by molar-refractivity contribution is 8.00. The van der Waals surface area contributed by atoms with Crippen LogP contribution in [0, 0.1) is 6.92 Å². The van der Waals surface area contributed by atoms with Gasteiger partial charge in [-0.2, -0.15) is 0 Å². The van der Waals surface area contributed by atoms with E-state index in [1.165, 1.54) is 23.1 Å². The molecule has 3 N–H and O–H groups in total. The molecule has 156 valence electrons. The van der Waals surface area contributed by atoms with E-state index in [1.807, 2.05) is 31.2 Å². The maximum absolute atomic E-state index is 12.7. The Balaban J connectivity index is 1.41. The molecule has 0 bridgehead atoms. The van der Waals surface area contributed by atoms with Crippen LogP contribution in [0.25, 0.3) is 10.9 Å². The Morgan fingerprint density at radius 2 is 2.07 bits per heavy atom. The molecule has 2 aromatic heterocycles. The Morgan fingerprint density at radius 1 is 1.27 bits per heavy atom. The van der Waals surface area contributed by atoms with Crippen molar-refractivity contribution in [3.05, 3.63) is 45.9 Å². The zero-order chi connectivity index (χ0) is 21.3. The minimum atomic E-state index is -0.687. The number of nitrogens with one attached hydrogen (secondary N) is 1. The summed E-state index contributed by atoms with van der Waals surface area (Å²) in [5.74, 6) is 1.54. The van der Waals surface area contributed by atoms with Crippen molar-refractivity contribution in [2.75, 3.05) is 12.9 Å². The summed E-state index contributed by atoms with van der Waals surface area (Å²) in [5.41, 5.74) is 6.02. The highest BCUT2D eigenvalue weighted by atomic mass is 32.2. The molecule has 0 aliphatic heterocycles. The van der Waals surface area contributed by atoms with Gasteiger partial charge in [0.05, 0.1) is 35.3 Å². The number of aromatic nitrogens is 2. The van der Waals surface area contributed by atoms with Crippen molar-refractivity contribution in [3.63, 3.8) is 0 Å². The first kappa shape index (κ1) is 20.8. The molecule has 0 atom stereocenters. The third-order valence-electron chi connectivity index (χ3n) is 4.92. The number of carbonyl (C=O) groups is 2. The lowest BCUT2D eigenvalue weighted by atomic mass is 10.2. The van der Waals surface area contributed by atoms with E-state index in [0.717, 1.165) is 39.4 Å². The van der Waals surface area contributed by atoms with Gasteiger partial charge in [0.25, 0.3) is 0 Å². The number of Topliss-reactive ketones (excluding diaryl/α,β-unsaturated/α-hetero) is 1. The van der Waals surface area contributed by atoms with E-state index >= 15 is 0 Å². The lowest BCUT2D eigenvalue weighted by Gasteiger charge is -2.08. The van der Waals surface area contributed by atoms with E-state index < -0.39 is 5.54 Å². The van der Waals surface area contributed by atoms with Gasteiger partial charge in [0.1, 0.15) is 16.6 Å². The van der Waals surface area contributed by atoms with Gasteiger partial charge in [-0.1, -0.05) is 11.8 Å². The molecule has 1 fully saturated rings. The van der Waals surface area contributed by atoms with Crippen molar-refractivity contribution >= 4 is 45.7 Å². The number of thioether (sulfide) groups is 1. The summed E-state index contributed by atoms with van der Waals surface area (Å²) in [6.07, 6.45) is 1.46. The van der Waals surface area contributed by atoms with Gasteiger partial charge in [-0.3, -0.25) is 9.59 Å². The molecule has 1 aliphatic carbocycles. The molecule has 1 aliphatic rings. The van der Waals surface area contributed by atoms with Gasteiger partial charge in [-0.05, 0) is 50.1 Å². The molecule has 7 nitrogen and oxygen atoms in total. The molecule has 0 radical (unpaired) electrons. The first-order valence-electron chi connectivity index (χ1n) is 9.52. The van der Waals surface area contributed by atoms with Crippen molar-refractivity contribution in [1.82, 2.24) is 15.3 Å². The van der Waals surface area contributed by atoms with Crippen molar-refractivity contribution in [1.29, 1.82) is 0 Å². The van der Waals surface area contributed by atoms with Gasteiger partial charge < -0.3 is 15.8 Å². The molecule has 0 saturated heterocycles. The molecule has 0 unspecified atom stereocenters. The van der Waals surface area contributed by atoms with E-state index in [4.69, 9.17) is 10.5 Å². The zero-order valence-corrected chi connectivity index (χ0v) is 18.4. The van der Waals surface area contributed by atoms with Crippen LogP contribution in [-0.4, -0.2) is 40.1 Å². The normalized spacial score (nSPS) is 14.5. The molecule has 1 amide bonds. The largest absolute Gasteiger partial charge is 0.497 e. The van der Waals surface area contributed by atoms with Gasteiger partial charge in [0.2, 0.25) is 5.91 Å². The second-order valence-electron chi connectivity index (χ2n) is 7.28. The number of methoxy groups -OCH3 is 1. The second kappa shape index (κ2) is 8.33. The van der Waals surface area contributed by atoms with Crippen LogP contribution in [0.3, 0.4) is 0 Å². The number of rotatable bonds is 8. The molecule has 2 heterocycles. The first-order chi connectivity index (χ1) is 14.4. The summed E-state index contributed by atoms with van der Waals surface area (Å²) >= 11 is 2.78. The fourth-order valence-electron chi connectivity index (χ4n) is 2.96. The van der Waals surface area contributed by atoms with Crippen LogP contribution >= 0.6 is 23.1 Å². The number of benzene rings is 1. The third-order valence-corrected chi connectivity index (χ3v) is 7.04. The predicted molar refractivity (Wildman–Crippen MR) is 118 cm³/mol. The molecule has 3 aromatic rings. The van der Waals surface area contributed by atoms with Crippen LogP contribution in [0.15, 0.2) is 35.4 Å². The number of nitrogens with zero attached hydrogens (tertiary/aromatic N) is 2. The number of nitrogens with two attached hydrogens (primary N) is 1. The number of amides is 1. The number of thiophene rings is 1. The Kier molecular flexibility index (Phi) is 5.77. The van der Waals surface area contributed by atoms with E-state index in [2.05, 4.69) is 15.3 Å². The van der Waals surface area contributed by atoms with E-state index in [1.54, 1.807) is 13.2 Å². The smallest absolute Gasteiger partial charge is 0.240 e. The summed E-state index contributed by atoms with van der Waals surface area (Å²) in [5, 5.41) is 4.47. The molecule has 30 heavy (non-hydrogen) atoms. The highest BCUT2D eigenvalue weighted by Gasteiger charge is 2.45. The number of carbonyl (C=O) groups excluding carboxylic acids is 2. The van der Waals surface area contributed by atoms with E-state index in [0.29, 0.717) is 17.2 Å². The van der Waals surface area contributed by atoms with Gasteiger partial charge in [0.15, 0.2) is 5.78 Å². The Hall–Kier alpha value is -2.49. The molecule has 1 aromatic carbocycles. The van der Waals surface area contributed by atoms with Gasteiger partial charge in [-0.15, -0.1) is 11.3 Å². The summed E-state index contributed by atoms with van der Waals surface area (Å²) in [6.45, 7) is 2.22. The standard InChI is InChI=1S/C21H22N4O3S2/c1-12-24-16-5-3-13(28-2)9-15(16)19(25-12)29-11-17(26)18-6-4-14(30-18)10-23-20(27)21(22)7-8-21/h3-6,9H,7-8,10-11,22H2,1-2H3,(H,23,27). The number of ether oxygens (including phenoxy) is 1. The average molecular weight is 443 g/mol. The number of ketones is 1. The van der Waals surface area contributed by atoms with Crippen LogP contribution < -0.4 is 15.8 Å². The molecule has 0 spiro atoms. The van der Waals surface area contributed by atoms with Crippen LogP contribution in [0.5, 0.6) is 5.75 Å². The summed E-state index contributed by atoms with van der Waals surface area (Å²) in [6, 6.07) is 9.31. The van der Waals surface area contributed by atoms with E-state index in [9.17, 15) is 9.59 Å². The van der Waals surface area contributed by atoms with E-state index in [-0.39, 0.29) is 17.4 Å². The minimum Gasteiger partial charge on any atom is -0.497 e. The van der Waals surface area contributed by atoms with Gasteiger partial charge >= 0.3 is 0 Å². The maximum Gasteiger partial charge on any atom is 0.240 e. The van der Waals surface area contributed by atoms with Crippen molar-refractivity contribution < 1.29 is 14.3 Å². The van der Waals surface area contributed by atoms with Gasteiger partial charge in [-0.25, -0.2) is 9.97 Å². The number of aryl methyl sites for hydroxylation is 1. The maximum atomic E-state index is 12.7. The Bertz CT molecular complexity index is 1120. The molecular weight excluding hydrogens is 420 g/mol. The molecule has 4 rings (SSSR count). The fraction of sp³-hybridized carbons (Fsp3) is 0.333. The monoisotopic (exact) mass is 442 g/mol. The highest BCUT2D eigenvalue weighted by Crippen LogP contribution is 2.32. The zero-order valence-electron chi connectivity index (χ0n) is 16.7. The van der Waals surface area contributed by atoms with Crippen LogP contribution in [0.4, 0.5) is 0 Å². The second-order valence-corrected chi connectivity index (χ2v) is 9.41. The lowest BCUT2D eigenvalue weighted by Crippen LogP contribution is -2.42. The number of hydrogen-bond donors (Lipinski definition) is 2. The SMILES string of the molecule is COc1ccc2nc(C)nc(SCC(=O)c3ccc(CNC(=O)C4(N)CC4)s3)c2c1. The average Bonchev–Trinajstić information content (AvgIpc) is 3.32. The van der Waals surface area contributed by atoms with Crippen molar-refractivity contribution in [3.8, 4) is 5.75 Å². The lowest BCUT2D eigenvalue weighted by molar-refractivity contribution is -0.123. The fourth-order valence-corrected chi connectivity index (χ4v) is 4.88. The number of hydrogen-bond acceptors (Lipinski definition) is 8. The Morgan fingerprint density at radius 3 is 2.80 bits per heavy atom. The minimum absolute atomic E-state index is 0.0207. The molecule has 1 saturated carbocycles. The van der Waals surface area contributed by atoms with Crippen LogP contribution in [-0.2, 0) is 11.3 Å². The quantitative estimate of drug-likeness (QED) is 0.314. The molecular formula is C21H22N4O3S2. The number of fused-ring (bicyclic) bond motifs is 1. The van der Waals surface area contributed by atoms with Crippen molar-refractivity contribution in [2.24, 2.45) is 5.73 Å². The summed E-state index contributed by atoms with van der Waals surface area (Å²) < 4.78 is 5.30. The van der Waals surface area contributed by atoms with Gasteiger partial charge in [0, 0.05) is 10.3 Å². The summed E-state index contributed by atoms with van der Waals surface area (Å²) in [7, 11) is 1.61. The summed E-state index contributed by atoms with van der Waals surface area (Å²) in [4.78, 5) is 35.2. The first-order valence-corrected chi connectivity index (χ1v) is 11.3. The van der Waals surface area contributed by atoms with Crippen molar-refractivity contribution in [2.45, 2.75) is 36.9 Å².